The molecule has 22 heavy (non-hydrogen) atoms. The fourth-order valence-electron chi connectivity index (χ4n) is 4.54. The summed E-state index contributed by atoms with van der Waals surface area (Å²) in [6.07, 6.45) is 5.33. The Morgan fingerprint density at radius 3 is 2.82 bits per heavy atom. The van der Waals surface area contributed by atoms with Gasteiger partial charge < -0.3 is 15.3 Å². The Hall–Kier alpha value is -0.650. The summed E-state index contributed by atoms with van der Waals surface area (Å²) in [6, 6.07) is 0. The quantitative estimate of drug-likeness (QED) is 0.802. The van der Waals surface area contributed by atoms with Crippen LogP contribution in [0.3, 0.4) is 0 Å². The average Bonchev–Trinajstić information content (AvgIpc) is 3.00. The van der Waals surface area contributed by atoms with E-state index in [-0.39, 0.29) is 11.5 Å². The average molecular weight is 309 g/mol. The van der Waals surface area contributed by atoms with Crippen LogP contribution >= 0.6 is 0 Å². The van der Waals surface area contributed by atoms with Crippen molar-refractivity contribution in [3.8, 4) is 0 Å². The molecule has 3 fully saturated rings. The van der Waals surface area contributed by atoms with E-state index in [2.05, 4.69) is 15.1 Å². The highest BCUT2D eigenvalue weighted by atomic mass is 16.3. The van der Waals surface area contributed by atoms with E-state index in [9.17, 15) is 9.90 Å². The van der Waals surface area contributed by atoms with Crippen molar-refractivity contribution >= 4 is 5.91 Å². The lowest BCUT2D eigenvalue weighted by atomic mass is 9.67. The maximum absolute atomic E-state index is 13.2. The first-order valence-corrected chi connectivity index (χ1v) is 9.06. The van der Waals surface area contributed by atoms with Gasteiger partial charge in [-0.15, -0.1) is 0 Å². The summed E-state index contributed by atoms with van der Waals surface area (Å²) < 4.78 is 0. The highest BCUT2D eigenvalue weighted by Gasteiger charge is 2.51. The first kappa shape index (κ1) is 16.2. The summed E-state index contributed by atoms with van der Waals surface area (Å²) in [4.78, 5) is 17.5. The Balaban J connectivity index is 1.57. The number of hydrogen-bond donors (Lipinski definition) is 2. The fourth-order valence-corrected chi connectivity index (χ4v) is 4.54. The summed E-state index contributed by atoms with van der Waals surface area (Å²) in [5.74, 6) is 0.951. The summed E-state index contributed by atoms with van der Waals surface area (Å²) in [7, 11) is 0. The van der Waals surface area contributed by atoms with Gasteiger partial charge in [0.05, 0.1) is 11.5 Å². The number of amides is 1. The second-order valence-corrected chi connectivity index (χ2v) is 7.38. The van der Waals surface area contributed by atoms with Crippen molar-refractivity contribution in [3.05, 3.63) is 0 Å². The van der Waals surface area contributed by atoms with Gasteiger partial charge in [0.15, 0.2) is 0 Å². The van der Waals surface area contributed by atoms with Gasteiger partial charge in [0, 0.05) is 39.3 Å². The summed E-state index contributed by atoms with van der Waals surface area (Å²) >= 11 is 0. The van der Waals surface area contributed by atoms with Crippen LogP contribution in [0.4, 0.5) is 0 Å². The zero-order chi connectivity index (χ0) is 15.6. The molecule has 1 aliphatic carbocycles. The van der Waals surface area contributed by atoms with Gasteiger partial charge in [-0.25, -0.2) is 0 Å². The van der Waals surface area contributed by atoms with Crippen LogP contribution in [0.25, 0.3) is 0 Å². The molecular weight excluding hydrogens is 278 g/mol. The molecule has 0 aromatic carbocycles. The number of rotatable bonds is 4. The van der Waals surface area contributed by atoms with Gasteiger partial charge in [-0.1, -0.05) is 19.8 Å². The first-order chi connectivity index (χ1) is 10.7. The van der Waals surface area contributed by atoms with Gasteiger partial charge in [-0.3, -0.25) is 9.69 Å². The Morgan fingerprint density at radius 1 is 1.32 bits per heavy atom. The molecule has 0 radical (unpaired) electrons. The van der Waals surface area contributed by atoms with E-state index < -0.39 is 0 Å². The highest BCUT2D eigenvalue weighted by Crippen LogP contribution is 2.45. The summed E-state index contributed by atoms with van der Waals surface area (Å²) in [5, 5.41) is 13.3. The van der Waals surface area contributed by atoms with Crippen molar-refractivity contribution in [2.24, 2.45) is 11.3 Å². The Bertz CT molecular complexity index is 395. The highest BCUT2D eigenvalue weighted by molar-refractivity contribution is 5.84. The third kappa shape index (κ3) is 3.03. The second kappa shape index (κ2) is 6.85. The molecule has 3 rings (SSSR count). The molecular formula is C17H31N3O2. The summed E-state index contributed by atoms with van der Waals surface area (Å²) in [6.45, 7) is 8.11. The number of β-amino-alcohol motifs (C(OH)–C–C–N with tert-alkyl or cyclic N) is 1. The molecule has 1 saturated carbocycles. The van der Waals surface area contributed by atoms with Gasteiger partial charge in [0.2, 0.25) is 5.91 Å². The predicted molar refractivity (Wildman–Crippen MR) is 86.6 cm³/mol. The van der Waals surface area contributed by atoms with Crippen LogP contribution in [0.15, 0.2) is 0 Å². The largest absolute Gasteiger partial charge is 0.392 e. The number of aliphatic hydroxyl groups is 1. The van der Waals surface area contributed by atoms with E-state index in [1.54, 1.807) is 0 Å². The molecule has 2 heterocycles. The number of hydrogen-bond acceptors (Lipinski definition) is 4. The number of nitrogens with zero attached hydrogens (tertiary/aromatic N) is 2. The van der Waals surface area contributed by atoms with Crippen molar-refractivity contribution in [1.82, 2.24) is 15.1 Å². The molecule has 126 valence electrons. The molecule has 1 amide bonds. The Labute approximate surface area is 134 Å². The van der Waals surface area contributed by atoms with Crippen LogP contribution in [0.2, 0.25) is 0 Å². The van der Waals surface area contributed by atoms with Crippen molar-refractivity contribution in [2.45, 2.75) is 45.1 Å². The Kier molecular flexibility index (Phi) is 5.05. The number of aliphatic hydroxyl groups excluding tert-OH is 1. The molecule has 0 spiro atoms. The predicted octanol–water partition coefficient (Wildman–Crippen LogP) is 0.681. The van der Waals surface area contributed by atoms with Crippen LogP contribution in [-0.4, -0.2) is 72.7 Å². The third-order valence-corrected chi connectivity index (χ3v) is 6.06. The van der Waals surface area contributed by atoms with Crippen LogP contribution in [-0.2, 0) is 4.79 Å². The number of piperazine rings is 1. The fraction of sp³-hybridized carbons (Fsp3) is 0.941. The number of carbonyl (C=O) groups excluding carboxylic acids is 1. The normalized spacial score (nSPS) is 34.5. The van der Waals surface area contributed by atoms with Crippen molar-refractivity contribution in [1.29, 1.82) is 0 Å². The zero-order valence-electron chi connectivity index (χ0n) is 13.9. The first-order valence-electron chi connectivity index (χ1n) is 9.06. The molecule has 1 unspecified atom stereocenters. The lowest BCUT2D eigenvalue weighted by Crippen LogP contribution is -2.56. The van der Waals surface area contributed by atoms with Crippen LogP contribution in [0, 0.1) is 11.3 Å². The molecule has 5 nitrogen and oxygen atoms in total. The number of carbonyl (C=O) groups is 1. The minimum absolute atomic E-state index is 0.108. The molecule has 2 aliphatic heterocycles. The Morgan fingerprint density at radius 2 is 2.09 bits per heavy atom. The molecule has 2 saturated heterocycles. The van der Waals surface area contributed by atoms with Crippen molar-refractivity contribution < 1.29 is 9.90 Å². The molecule has 0 aromatic rings. The van der Waals surface area contributed by atoms with Gasteiger partial charge in [0.1, 0.15) is 0 Å². The van der Waals surface area contributed by atoms with Crippen LogP contribution in [0.5, 0.6) is 0 Å². The maximum Gasteiger partial charge on any atom is 0.230 e. The van der Waals surface area contributed by atoms with E-state index in [1.807, 2.05) is 6.92 Å². The van der Waals surface area contributed by atoms with E-state index in [1.165, 1.54) is 19.3 Å². The lowest BCUT2D eigenvalue weighted by Gasteiger charge is -2.43. The maximum atomic E-state index is 13.2. The standard InChI is InChI=1S/C17H31N3O2/c1-2-15(21)12-19-7-9-20(10-8-19)16(22)17-6-4-3-5-14(17)11-18-13-17/h14-15,18,21H,2-13H2,1H3/t14-,15?,17+/m0/s1. The lowest BCUT2D eigenvalue weighted by molar-refractivity contribution is -0.147. The summed E-state index contributed by atoms with van der Waals surface area (Å²) in [5.41, 5.74) is -0.108. The molecule has 3 aliphatic rings. The minimum atomic E-state index is -0.234. The monoisotopic (exact) mass is 309 g/mol. The SMILES string of the molecule is CCC(O)CN1CCN(C(=O)[C@@]23CCCC[C@H]2CNC3)CC1. The number of fused-ring (bicyclic) bond motifs is 1. The third-order valence-electron chi connectivity index (χ3n) is 6.06. The van der Waals surface area contributed by atoms with Crippen molar-refractivity contribution in [2.75, 3.05) is 45.8 Å². The van der Waals surface area contributed by atoms with Crippen LogP contribution in [0.1, 0.15) is 39.0 Å². The topological polar surface area (TPSA) is 55.8 Å². The molecule has 0 bridgehead atoms. The smallest absolute Gasteiger partial charge is 0.230 e. The molecule has 0 aromatic heterocycles. The van der Waals surface area contributed by atoms with Gasteiger partial charge in [-0.2, -0.15) is 0 Å². The number of nitrogens with one attached hydrogen (secondary N) is 1. The minimum Gasteiger partial charge on any atom is -0.392 e. The van der Waals surface area contributed by atoms with E-state index >= 15 is 0 Å². The second-order valence-electron chi connectivity index (χ2n) is 7.38. The molecule has 3 atom stereocenters. The zero-order valence-corrected chi connectivity index (χ0v) is 13.9. The van der Waals surface area contributed by atoms with Gasteiger partial charge >= 0.3 is 0 Å². The van der Waals surface area contributed by atoms with Crippen LogP contribution < -0.4 is 5.32 Å². The van der Waals surface area contributed by atoms with Crippen molar-refractivity contribution in [3.63, 3.8) is 0 Å². The van der Waals surface area contributed by atoms with Gasteiger partial charge in [-0.05, 0) is 31.7 Å². The molecule has 5 heteroatoms. The van der Waals surface area contributed by atoms with Gasteiger partial charge in [0.25, 0.3) is 0 Å². The van der Waals surface area contributed by atoms with E-state index in [0.717, 1.165) is 58.7 Å². The molecule has 2 N–H and O–H groups in total. The van der Waals surface area contributed by atoms with E-state index in [4.69, 9.17) is 0 Å². The van der Waals surface area contributed by atoms with E-state index in [0.29, 0.717) is 11.8 Å².